The Morgan fingerprint density at radius 3 is 1.89 bits per heavy atom. The highest BCUT2D eigenvalue weighted by atomic mass is 16.6. The van der Waals surface area contributed by atoms with Crippen molar-refractivity contribution in [2.24, 2.45) is 0 Å². The monoisotopic (exact) mass is 255 g/mol. The Morgan fingerprint density at radius 2 is 1.61 bits per heavy atom. The van der Waals surface area contributed by atoms with Crippen LogP contribution in [0.15, 0.2) is 0 Å². The summed E-state index contributed by atoms with van der Waals surface area (Å²) in [4.78, 5) is 34.9. The summed E-state index contributed by atoms with van der Waals surface area (Å²) in [6.07, 6.45) is 4.81. The molecule has 0 aromatic rings. The first kappa shape index (κ1) is 16.0. The maximum absolute atomic E-state index is 11.9. The average Bonchev–Trinajstić information content (AvgIpc) is 2.28. The molecule has 0 spiro atoms. The molecule has 6 heteroatoms. The molecule has 6 nitrogen and oxygen atoms in total. The quantitative estimate of drug-likeness (QED) is 0.411. The largest absolute Gasteiger partial charge is 0.464 e. The van der Waals surface area contributed by atoms with Crippen LogP contribution in [0.4, 0.5) is 0 Å². The van der Waals surface area contributed by atoms with Gasteiger partial charge in [0, 0.05) is 6.92 Å². The molecule has 0 heterocycles. The van der Waals surface area contributed by atoms with Crippen molar-refractivity contribution >= 4 is 17.8 Å². The number of hydrogen-bond acceptors (Lipinski definition) is 5. The Bertz CT molecular complexity index is 351. The van der Waals surface area contributed by atoms with Crippen LogP contribution in [-0.4, -0.2) is 36.6 Å². The van der Waals surface area contributed by atoms with Gasteiger partial charge in [0.1, 0.15) is 0 Å². The predicted octanol–water partition coefficient (Wildman–Crippen LogP) is 0.0108. The topological polar surface area (TPSA) is 81.7 Å². The zero-order valence-electron chi connectivity index (χ0n) is 10.7. The molecule has 0 atom stereocenters. The number of rotatable bonds is 6. The number of terminal acetylenes is 1. The molecule has 0 aliphatic heterocycles. The van der Waals surface area contributed by atoms with Crippen molar-refractivity contribution in [3.05, 3.63) is 0 Å². The molecular weight excluding hydrogens is 238 g/mol. The van der Waals surface area contributed by atoms with Crippen molar-refractivity contribution < 1.29 is 23.9 Å². The summed E-state index contributed by atoms with van der Waals surface area (Å²) < 4.78 is 9.56. The van der Waals surface area contributed by atoms with Crippen molar-refractivity contribution in [1.29, 1.82) is 0 Å². The second-order valence-corrected chi connectivity index (χ2v) is 3.41. The first-order valence-corrected chi connectivity index (χ1v) is 5.51. The van der Waals surface area contributed by atoms with Crippen molar-refractivity contribution in [3.63, 3.8) is 0 Å². The number of carbonyl (C=O) groups is 3. The molecule has 100 valence electrons. The van der Waals surface area contributed by atoms with Crippen LogP contribution in [0.5, 0.6) is 0 Å². The van der Waals surface area contributed by atoms with E-state index in [1.807, 2.05) is 0 Å². The van der Waals surface area contributed by atoms with Gasteiger partial charge in [-0.25, -0.2) is 9.59 Å². The summed E-state index contributed by atoms with van der Waals surface area (Å²) in [5.41, 5.74) is -1.97. The van der Waals surface area contributed by atoms with Gasteiger partial charge < -0.3 is 14.8 Å². The van der Waals surface area contributed by atoms with Crippen LogP contribution in [0, 0.1) is 12.3 Å². The Hall–Kier alpha value is -2.03. The van der Waals surface area contributed by atoms with Gasteiger partial charge in [0.15, 0.2) is 0 Å². The Labute approximate surface area is 106 Å². The van der Waals surface area contributed by atoms with Gasteiger partial charge in [0.25, 0.3) is 0 Å². The lowest BCUT2D eigenvalue weighted by molar-refractivity contribution is -0.167. The highest BCUT2D eigenvalue weighted by Gasteiger charge is 2.49. The molecule has 0 aromatic heterocycles. The second kappa shape index (κ2) is 7.33. The number of amides is 1. The maximum Gasteiger partial charge on any atom is 0.344 e. The minimum Gasteiger partial charge on any atom is -0.464 e. The Balaban J connectivity index is 5.41. The van der Waals surface area contributed by atoms with E-state index in [1.54, 1.807) is 13.8 Å². The summed E-state index contributed by atoms with van der Waals surface area (Å²) in [6, 6.07) is 0. The molecule has 0 radical (unpaired) electrons. The van der Waals surface area contributed by atoms with Crippen molar-refractivity contribution in [2.75, 3.05) is 13.2 Å². The number of ether oxygens (including phenoxy) is 2. The van der Waals surface area contributed by atoms with E-state index in [0.717, 1.165) is 0 Å². The average molecular weight is 255 g/mol. The third kappa shape index (κ3) is 3.77. The van der Waals surface area contributed by atoms with Crippen molar-refractivity contribution in [2.45, 2.75) is 32.7 Å². The number of esters is 2. The van der Waals surface area contributed by atoms with Gasteiger partial charge in [-0.05, 0) is 13.8 Å². The lowest BCUT2D eigenvalue weighted by Crippen LogP contribution is -2.60. The summed E-state index contributed by atoms with van der Waals surface area (Å²) in [6.45, 7) is 4.45. The molecule has 0 fully saturated rings. The molecule has 0 aromatic carbocycles. The molecule has 0 aliphatic rings. The van der Waals surface area contributed by atoms with E-state index in [4.69, 9.17) is 15.9 Å². The smallest absolute Gasteiger partial charge is 0.344 e. The molecule has 0 bridgehead atoms. The number of nitrogens with one attached hydrogen (secondary N) is 1. The third-order valence-corrected chi connectivity index (χ3v) is 2.00. The Kier molecular flexibility index (Phi) is 6.50. The first-order valence-electron chi connectivity index (χ1n) is 5.51. The fourth-order valence-corrected chi connectivity index (χ4v) is 1.34. The predicted molar refractivity (Wildman–Crippen MR) is 63.3 cm³/mol. The van der Waals surface area contributed by atoms with Gasteiger partial charge in [0.2, 0.25) is 11.4 Å². The van der Waals surface area contributed by atoms with E-state index in [1.165, 1.54) is 6.92 Å². The van der Waals surface area contributed by atoms with Crippen LogP contribution in [-0.2, 0) is 23.9 Å². The lowest BCUT2D eigenvalue weighted by Gasteiger charge is -2.27. The Morgan fingerprint density at radius 1 is 1.17 bits per heavy atom. The van der Waals surface area contributed by atoms with Crippen LogP contribution < -0.4 is 5.32 Å². The van der Waals surface area contributed by atoms with E-state index >= 15 is 0 Å². The summed E-state index contributed by atoms with van der Waals surface area (Å²) >= 11 is 0. The van der Waals surface area contributed by atoms with E-state index in [2.05, 4.69) is 11.2 Å². The number of hydrogen-bond donors (Lipinski definition) is 1. The van der Waals surface area contributed by atoms with Gasteiger partial charge in [-0.15, -0.1) is 12.3 Å². The zero-order valence-corrected chi connectivity index (χ0v) is 10.7. The normalized spacial score (nSPS) is 10.1. The van der Waals surface area contributed by atoms with Crippen LogP contribution in [0.1, 0.15) is 27.2 Å². The van der Waals surface area contributed by atoms with Gasteiger partial charge in [-0.3, -0.25) is 4.79 Å². The third-order valence-electron chi connectivity index (χ3n) is 2.00. The van der Waals surface area contributed by atoms with Gasteiger partial charge >= 0.3 is 11.9 Å². The molecule has 18 heavy (non-hydrogen) atoms. The van der Waals surface area contributed by atoms with Gasteiger partial charge in [-0.1, -0.05) is 0 Å². The number of carbonyl (C=O) groups excluding carboxylic acids is 3. The maximum atomic E-state index is 11.9. The van der Waals surface area contributed by atoms with Crippen LogP contribution in [0.25, 0.3) is 0 Å². The van der Waals surface area contributed by atoms with Gasteiger partial charge in [0.05, 0.1) is 19.6 Å². The van der Waals surface area contributed by atoms with Crippen LogP contribution in [0.3, 0.4) is 0 Å². The molecule has 1 amide bonds. The van der Waals surface area contributed by atoms with Gasteiger partial charge in [-0.2, -0.15) is 0 Å². The minimum absolute atomic E-state index is 0.0597. The van der Waals surface area contributed by atoms with E-state index in [9.17, 15) is 14.4 Å². The van der Waals surface area contributed by atoms with E-state index in [0.29, 0.717) is 0 Å². The molecule has 0 aliphatic carbocycles. The van der Waals surface area contributed by atoms with Crippen molar-refractivity contribution in [3.8, 4) is 12.3 Å². The highest BCUT2D eigenvalue weighted by molar-refractivity contribution is 6.08. The molecule has 0 saturated carbocycles. The highest BCUT2D eigenvalue weighted by Crippen LogP contribution is 2.15. The van der Waals surface area contributed by atoms with Crippen molar-refractivity contribution in [1.82, 2.24) is 5.32 Å². The summed E-state index contributed by atoms with van der Waals surface area (Å²) in [7, 11) is 0. The molecule has 0 unspecified atom stereocenters. The van der Waals surface area contributed by atoms with E-state index in [-0.39, 0.29) is 19.6 Å². The fourth-order valence-electron chi connectivity index (χ4n) is 1.34. The molecule has 0 rings (SSSR count). The molecule has 1 N–H and O–H groups in total. The van der Waals surface area contributed by atoms with Crippen LogP contribution >= 0.6 is 0 Å². The summed E-state index contributed by atoms with van der Waals surface area (Å²) in [5, 5.41) is 2.23. The summed E-state index contributed by atoms with van der Waals surface area (Å²) in [5.74, 6) is -0.241. The molecule has 0 saturated heterocycles. The fraction of sp³-hybridized carbons (Fsp3) is 0.583. The zero-order chi connectivity index (χ0) is 14.2. The standard InChI is InChI=1S/C12H17NO5/c1-5-8-12(13-9(4)14,10(15)17-6-2)11(16)18-7-3/h1H,6-8H2,2-4H3,(H,13,14). The first-order chi connectivity index (χ1) is 8.44. The second-order valence-electron chi connectivity index (χ2n) is 3.41. The minimum atomic E-state index is -1.97. The molecular formula is C12H17NO5. The van der Waals surface area contributed by atoms with E-state index < -0.39 is 23.4 Å². The lowest BCUT2D eigenvalue weighted by atomic mass is 9.95. The SMILES string of the molecule is C#CCC(NC(C)=O)(C(=O)OCC)C(=O)OCC. The van der Waals surface area contributed by atoms with Crippen LogP contribution in [0.2, 0.25) is 0 Å².